The molecule has 2 aromatic rings. The summed E-state index contributed by atoms with van der Waals surface area (Å²) in [6, 6.07) is 12.3. The molecule has 92 valence electrons. The minimum absolute atomic E-state index is 0.283. The number of halogens is 2. The summed E-state index contributed by atoms with van der Waals surface area (Å²) in [7, 11) is 0. The first kappa shape index (κ1) is 12.6. The van der Waals surface area contributed by atoms with Crippen LogP contribution < -0.4 is 10.1 Å². The highest BCUT2D eigenvalue weighted by Gasteiger charge is 2.04. The fraction of sp³-hybridized carbons (Fsp3) is 0. The third kappa shape index (κ3) is 3.56. The van der Waals surface area contributed by atoms with E-state index in [1.807, 2.05) is 0 Å². The predicted molar refractivity (Wildman–Crippen MR) is 70.2 cm³/mol. The zero-order valence-corrected chi connectivity index (χ0v) is 10.8. The highest BCUT2D eigenvalue weighted by atomic mass is 79.9. The minimum Gasteiger partial charge on any atom is -0.410 e. The van der Waals surface area contributed by atoms with E-state index < -0.39 is 6.09 Å². The summed E-state index contributed by atoms with van der Waals surface area (Å²) in [5, 5.41) is 2.56. The van der Waals surface area contributed by atoms with Crippen LogP contribution in [-0.4, -0.2) is 6.09 Å². The third-order valence-corrected chi connectivity index (χ3v) is 2.64. The van der Waals surface area contributed by atoms with Gasteiger partial charge >= 0.3 is 6.09 Å². The van der Waals surface area contributed by atoms with Crippen molar-refractivity contribution >= 4 is 27.7 Å². The van der Waals surface area contributed by atoms with Gasteiger partial charge in [0.15, 0.2) is 0 Å². The number of ether oxygens (including phenoxy) is 1. The van der Waals surface area contributed by atoms with Crippen molar-refractivity contribution in [1.82, 2.24) is 0 Å². The summed E-state index contributed by atoms with van der Waals surface area (Å²) in [4.78, 5) is 11.5. The van der Waals surface area contributed by atoms with Gasteiger partial charge in [0.2, 0.25) is 0 Å². The maximum atomic E-state index is 12.6. The largest absolute Gasteiger partial charge is 0.417 e. The van der Waals surface area contributed by atoms with Gasteiger partial charge in [-0.05, 0) is 48.5 Å². The van der Waals surface area contributed by atoms with E-state index in [1.54, 1.807) is 24.3 Å². The van der Waals surface area contributed by atoms with Crippen LogP contribution in [0, 0.1) is 5.82 Å². The molecule has 0 fully saturated rings. The van der Waals surface area contributed by atoms with Gasteiger partial charge in [-0.3, -0.25) is 5.32 Å². The van der Waals surface area contributed by atoms with Crippen molar-refractivity contribution in [1.29, 1.82) is 0 Å². The number of amides is 1. The standard InChI is InChI=1S/C13H9BrFNO2/c14-9-1-5-11(6-2-9)16-13(17)18-12-7-3-10(15)4-8-12/h1-8H,(H,16,17). The molecule has 2 aromatic carbocycles. The Bertz CT molecular complexity index is 490. The summed E-state index contributed by atoms with van der Waals surface area (Å²) >= 11 is 3.29. The molecule has 0 heterocycles. The molecule has 0 radical (unpaired) electrons. The van der Waals surface area contributed by atoms with Gasteiger partial charge in [-0.2, -0.15) is 0 Å². The lowest BCUT2D eigenvalue weighted by Gasteiger charge is -2.06. The molecule has 0 aliphatic rings. The summed E-state index contributed by atoms with van der Waals surface area (Å²) in [5.74, 6) is -0.0957. The lowest BCUT2D eigenvalue weighted by Crippen LogP contribution is -2.16. The van der Waals surface area contributed by atoms with E-state index >= 15 is 0 Å². The van der Waals surface area contributed by atoms with Crippen LogP contribution in [0.1, 0.15) is 0 Å². The zero-order valence-electron chi connectivity index (χ0n) is 9.19. The number of hydrogen-bond donors (Lipinski definition) is 1. The van der Waals surface area contributed by atoms with Gasteiger partial charge in [0, 0.05) is 10.2 Å². The normalized spacial score (nSPS) is 9.89. The van der Waals surface area contributed by atoms with Crippen molar-refractivity contribution in [3.8, 4) is 5.75 Å². The van der Waals surface area contributed by atoms with E-state index in [1.165, 1.54) is 24.3 Å². The Morgan fingerprint density at radius 1 is 1.06 bits per heavy atom. The van der Waals surface area contributed by atoms with E-state index in [-0.39, 0.29) is 11.6 Å². The van der Waals surface area contributed by atoms with Gasteiger partial charge in [0.05, 0.1) is 0 Å². The number of anilines is 1. The summed E-state index contributed by atoms with van der Waals surface area (Å²) in [6.45, 7) is 0. The molecule has 0 atom stereocenters. The minimum atomic E-state index is -0.621. The zero-order chi connectivity index (χ0) is 13.0. The Balaban J connectivity index is 1.96. The third-order valence-electron chi connectivity index (χ3n) is 2.11. The average Bonchev–Trinajstić information content (AvgIpc) is 2.35. The Kier molecular flexibility index (Phi) is 3.94. The molecule has 1 amide bonds. The maximum absolute atomic E-state index is 12.6. The Morgan fingerprint density at radius 2 is 1.67 bits per heavy atom. The van der Waals surface area contributed by atoms with Crippen LogP contribution in [0.4, 0.5) is 14.9 Å². The molecule has 0 bridgehead atoms. The summed E-state index contributed by atoms with van der Waals surface area (Å²) in [5.41, 5.74) is 0.616. The monoisotopic (exact) mass is 309 g/mol. The lowest BCUT2D eigenvalue weighted by atomic mass is 10.3. The quantitative estimate of drug-likeness (QED) is 0.903. The van der Waals surface area contributed by atoms with E-state index in [9.17, 15) is 9.18 Å². The van der Waals surface area contributed by atoms with Crippen LogP contribution in [0.25, 0.3) is 0 Å². The molecule has 0 aliphatic heterocycles. The van der Waals surface area contributed by atoms with Gasteiger partial charge in [-0.15, -0.1) is 0 Å². The molecule has 0 spiro atoms. The second-order valence-corrected chi connectivity index (χ2v) is 4.39. The van der Waals surface area contributed by atoms with Crippen LogP contribution in [0.5, 0.6) is 5.75 Å². The molecule has 18 heavy (non-hydrogen) atoms. The first-order valence-electron chi connectivity index (χ1n) is 5.13. The van der Waals surface area contributed by atoms with Crippen molar-refractivity contribution in [3.63, 3.8) is 0 Å². The molecule has 0 saturated carbocycles. The Labute approximate surface area is 112 Å². The summed E-state index contributed by atoms with van der Waals surface area (Å²) < 4.78 is 18.5. The van der Waals surface area contributed by atoms with Crippen LogP contribution >= 0.6 is 15.9 Å². The molecule has 1 N–H and O–H groups in total. The number of benzene rings is 2. The van der Waals surface area contributed by atoms with Gasteiger partial charge in [0.1, 0.15) is 11.6 Å². The second-order valence-electron chi connectivity index (χ2n) is 3.48. The highest BCUT2D eigenvalue weighted by molar-refractivity contribution is 9.10. The molecule has 0 saturated heterocycles. The fourth-order valence-electron chi connectivity index (χ4n) is 1.29. The van der Waals surface area contributed by atoms with E-state index in [0.29, 0.717) is 5.69 Å². The van der Waals surface area contributed by atoms with Crippen molar-refractivity contribution in [2.45, 2.75) is 0 Å². The fourth-order valence-corrected chi connectivity index (χ4v) is 1.55. The Morgan fingerprint density at radius 3 is 2.28 bits per heavy atom. The van der Waals surface area contributed by atoms with E-state index in [2.05, 4.69) is 21.2 Å². The lowest BCUT2D eigenvalue weighted by molar-refractivity contribution is 0.215. The number of nitrogens with one attached hydrogen (secondary N) is 1. The molecular formula is C13H9BrFNO2. The van der Waals surface area contributed by atoms with Crippen LogP contribution in [0.15, 0.2) is 53.0 Å². The summed E-state index contributed by atoms with van der Waals surface area (Å²) in [6.07, 6.45) is -0.621. The number of carbonyl (C=O) groups is 1. The van der Waals surface area contributed by atoms with Crippen LogP contribution in [-0.2, 0) is 0 Å². The molecular weight excluding hydrogens is 301 g/mol. The number of rotatable bonds is 2. The predicted octanol–water partition coefficient (Wildman–Crippen LogP) is 4.20. The first-order chi connectivity index (χ1) is 8.63. The highest BCUT2D eigenvalue weighted by Crippen LogP contribution is 2.15. The van der Waals surface area contributed by atoms with Crippen LogP contribution in [0.3, 0.4) is 0 Å². The topological polar surface area (TPSA) is 38.3 Å². The molecule has 0 unspecified atom stereocenters. The molecule has 5 heteroatoms. The average molecular weight is 310 g/mol. The van der Waals surface area contributed by atoms with Crippen molar-refractivity contribution in [3.05, 3.63) is 58.8 Å². The van der Waals surface area contributed by atoms with Crippen molar-refractivity contribution in [2.24, 2.45) is 0 Å². The SMILES string of the molecule is O=C(Nc1ccc(Br)cc1)Oc1ccc(F)cc1. The van der Waals surface area contributed by atoms with Gasteiger partial charge in [-0.25, -0.2) is 9.18 Å². The molecule has 2 rings (SSSR count). The van der Waals surface area contributed by atoms with E-state index in [4.69, 9.17) is 4.74 Å². The van der Waals surface area contributed by atoms with Crippen LogP contribution in [0.2, 0.25) is 0 Å². The van der Waals surface area contributed by atoms with E-state index in [0.717, 1.165) is 4.47 Å². The second kappa shape index (κ2) is 5.64. The number of carbonyl (C=O) groups excluding carboxylic acids is 1. The Hall–Kier alpha value is -1.88. The van der Waals surface area contributed by atoms with Gasteiger partial charge in [0.25, 0.3) is 0 Å². The van der Waals surface area contributed by atoms with Crippen molar-refractivity contribution < 1.29 is 13.9 Å². The molecule has 0 aromatic heterocycles. The molecule has 3 nitrogen and oxygen atoms in total. The smallest absolute Gasteiger partial charge is 0.410 e. The first-order valence-corrected chi connectivity index (χ1v) is 5.93. The number of hydrogen-bond acceptors (Lipinski definition) is 2. The van der Waals surface area contributed by atoms with Crippen molar-refractivity contribution in [2.75, 3.05) is 5.32 Å². The van der Waals surface area contributed by atoms with Gasteiger partial charge < -0.3 is 4.74 Å². The van der Waals surface area contributed by atoms with Gasteiger partial charge in [-0.1, -0.05) is 15.9 Å². The maximum Gasteiger partial charge on any atom is 0.417 e. The molecule has 0 aliphatic carbocycles.